The van der Waals surface area contributed by atoms with E-state index in [9.17, 15) is 9.59 Å². The van der Waals surface area contributed by atoms with Crippen LogP contribution in [-0.2, 0) is 4.79 Å². The van der Waals surface area contributed by atoms with Crippen molar-refractivity contribution < 1.29 is 28.9 Å². The van der Waals surface area contributed by atoms with E-state index in [0.717, 1.165) is 9.65 Å². The van der Waals surface area contributed by atoms with Crippen LogP contribution in [0.5, 0.6) is 17.2 Å². The molecule has 0 aliphatic carbocycles. The Balaban J connectivity index is 2.57. The molecule has 1 atom stereocenters. The van der Waals surface area contributed by atoms with Crippen LogP contribution in [-0.4, -0.2) is 51.7 Å². The number of ketones is 1. The third-order valence-corrected chi connectivity index (χ3v) is 6.14. The fraction of sp³-hybridized carbons (Fsp3) is 0.444. The number of hydrogen-bond donors (Lipinski definition) is 1. The number of fused-ring (bicyclic) bond motifs is 1. The molecule has 0 amide bonds. The Hall–Kier alpha value is -1.98. The van der Waals surface area contributed by atoms with Crippen LogP contribution in [0.3, 0.4) is 0 Å². The van der Waals surface area contributed by atoms with Crippen LogP contribution >= 0.6 is 0 Å². The van der Waals surface area contributed by atoms with Crippen molar-refractivity contribution in [1.29, 1.82) is 0 Å². The number of hydrogen-bond acceptors (Lipinski definition) is 5. The van der Waals surface area contributed by atoms with Gasteiger partial charge in [-0.3, -0.25) is 0 Å². The first-order valence-electron chi connectivity index (χ1n) is 7.90. The first-order valence-corrected chi connectivity index (χ1v) is 9.61. The zero-order valence-corrected chi connectivity index (χ0v) is 16.6. The van der Waals surface area contributed by atoms with Crippen LogP contribution in [0, 0.1) is 5.92 Å². The van der Waals surface area contributed by atoms with Gasteiger partial charge < -0.3 is 0 Å². The Bertz CT molecular complexity index is 792. The number of Topliss-reactive ketones (excluding diaryl/α,β-unsaturated/α-hetero) is 1. The molecule has 0 aliphatic rings. The van der Waals surface area contributed by atoms with Gasteiger partial charge in [-0.25, -0.2) is 0 Å². The third kappa shape index (κ3) is 3.99. The normalized spacial score (nSPS) is 12.2. The predicted octanol–water partition coefficient (Wildman–Crippen LogP) is 2.99. The summed E-state index contributed by atoms with van der Waals surface area (Å²) in [6.07, 6.45) is -0.0726. The molecule has 1 aromatic heterocycles. The number of carboxylic acids is 1. The van der Waals surface area contributed by atoms with E-state index in [2.05, 4.69) is 0 Å². The molecule has 1 N–H and O–H groups in total. The van der Waals surface area contributed by atoms with E-state index < -0.39 is 11.9 Å². The first-order chi connectivity index (χ1) is 11.8. The quantitative estimate of drug-likeness (QED) is 0.529. The molecule has 1 heterocycles. The fourth-order valence-corrected chi connectivity index (χ4v) is 4.85. The van der Waals surface area contributed by atoms with Crippen molar-refractivity contribution in [1.82, 2.24) is 0 Å². The zero-order valence-electron chi connectivity index (χ0n) is 14.9. The van der Waals surface area contributed by atoms with Gasteiger partial charge >= 0.3 is 152 Å². The van der Waals surface area contributed by atoms with Crippen molar-refractivity contribution in [2.75, 3.05) is 14.2 Å². The van der Waals surface area contributed by atoms with Crippen LogP contribution < -0.4 is 14.2 Å². The molecule has 0 saturated heterocycles. The van der Waals surface area contributed by atoms with Gasteiger partial charge in [0.1, 0.15) is 0 Å². The Kier molecular flexibility index (Phi) is 6.14. The molecule has 2 rings (SSSR count). The topological polar surface area (TPSA) is 82.1 Å². The number of carboxylic acid groups (broad SMARTS) is 1. The number of methoxy groups -OCH3 is 2. The molecule has 7 heteroatoms. The van der Waals surface area contributed by atoms with E-state index in [1.807, 2.05) is 26.0 Å². The number of carbonyl (C=O) groups excluding carboxylic acids is 1. The molecule has 0 aliphatic heterocycles. The summed E-state index contributed by atoms with van der Waals surface area (Å²) in [4.78, 5) is 23.6. The van der Waals surface area contributed by atoms with Crippen molar-refractivity contribution in [3.05, 3.63) is 16.6 Å². The third-order valence-electron chi connectivity index (χ3n) is 3.67. The summed E-state index contributed by atoms with van der Waals surface area (Å²) < 4.78 is 18.3. The van der Waals surface area contributed by atoms with Crippen LogP contribution in [0.15, 0.2) is 12.1 Å². The second-order valence-corrected chi connectivity index (χ2v) is 8.18. The molecule has 6 nitrogen and oxygen atoms in total. The summed E-state index contributed by atoms with van der Waals surface area (Å²) in [7, 11) is 3.05. The molecule has 1 unspecified atom stereocenters. The first kappa shape index (κ1) is 19.3. The second kappa shape index (κ2) is 7.93. The molecule has 2 aromatic rings. The Morgan fingerprint density at radius 3 is 2.28 bits per heavy atom. The molecule has 0 spiro atoms. The van der Waals surface area contributed by atoms with Crippen molar-refractivity contribution in [3.63, 3.8) is 0 Å². The second-order valence-electron chi connectivity index (χ2n) is 5.97. The van der Waals surface area contributed by atoms with Gasteiger partial charge in [0.25, 0.3) is 0 Å². The number of ether oxygens (including phenoxy) is 3. The molecule has 1 aromatic carbocycles. The number of benzene rings is 1. The van der Waals surface area contributed by atoms with Gasteiger partial charge in [0.2, 0.25) is 0 Å². The van der Waals surface area contributed by atoms with Crippen LogP contribution in [0.2, 0.25) is 0 Å². The van der Waals surface area contributed by atoms with Crippen molar-refractivity contribution in [2.45, 2.75) is 33.3 Å². The summed E-state index contributed by atoms with van der Waals surface area (Å²) in [5.74, 6) is -0.325. The van der Waals surface area contributed by atoms with E-state index in [1.54, 1.807) is 7.11 Å². The Morgan fingerprint density at radius 2 is 1.76 bits per heavy atom. The summed E-state index contributed by atoms with van der Waals surface area (Å²) in [5, 5.41) is 9.77. The molecule has 0 saturated carbocycles. The van der Waals surface area contributed by atoms with Gasteiger partial charge in [-0.05, 0) is 0 Å². The molecule has 25 heavy (non-hydrogen) atoms. The SMILES string of the molecule is COc1c(OC(C)C)ccc2[se]c(C(=O)CC(C)C(=O)O)c(OC)c12. The molecule has 0 bridgehead atoms. The average molecular weight is 413 g/mol. The van der Waals surface area contributed by atoms with Gasteiger partial charge in [-0.2, -0.15) is 0 Å². The molecular weight excluding hydrogens is 391 g/mol. The summed E-state index contributed by atoms with van der Waals surface area (Å²) in [6, 6.07) is 3.75. The van der Waals surface area contributed by atoms with Gasteiger partial charge in [0.15, 0.2) is 0 Å². The van der Waals surface area contributed by atoms with Crippen molar-refractivity contribution in [2.24, 2.45) is 5.92 Å². The van der Waals surface area contributed by atoms with Crippen LogP contribution in [0.25, 0.3) is 9.65 Å². The van der Waals surface area contributed by atoms with Crippen LogP contribution in [0.1, 0.15) is 36.4 Å². The van der Waals surface area contributed by atoms with Crippen molar-refractivity contribution >= 4 is 35.9 Å². The van der Waals surface area contributed by atoms with E-state index in [-0.39, 0.29) is 32.8 Å². The Morgan fingerprint density at radius 1 is 1.12 bits per heavy atom. The van der Waals surface area contributed by atoms with E-state index >= 15 is 0 Å². The average Bonchev–Trinajstić information content (AvgIpc) is 2.92. The van der Waals surface area contributed by atoms with E-state index in [0.29, 0.717) is 21.7 Å². The molecule has 136 valence electrons. The Labute approximate surface area is 152 Å². The minimum atomic E-state index is -0.985. The van der Waals surface area contributed by atoms with Crippen LogP contribution in [0.4, 0.5) is 0 Å². The van der Waals surface area contributed by atoms with Gasteiger partial charge in [0.05, 0.1) is 0 Å². The maximum atomic E-state index is 12.6. The zero-order chi connectivity index (χ0) is 18.7. The number of carbonyl (C=O) groups is 2. The van der Waals surface area contributed by atoms with E-state index in [4.69, 9.17) is 19.3 Å². The molecular formula is C18H22O6Se. The van der Waals surface area contributed by atoms with Crippen molar-refractivity contribution in [3.8, 4) is 17.2 Å². The standard InChI is InChI=1S/C18H22O6Se/c1-9(2)24-12-6-7-13-14(15(12)22-4)16(23-5)17(25-13)11(19)8-10(3)18(20)21/h6-7,9-10H,8H2,1-5H3,(H,20,21). The minimum absolute atomic E-state index is 0.0219. The summed E-state index contributed by atoms with van der Waals surface area (Å²) in [6.45, 7) is 5.37. The fourth-order valence-electron chi connectivity index (χ4n) is 2.50. The van der Waals surface area contributed by atoms with Gasteiger partial charge in [0, 0.05) is 0 Å². The molecule has 0 radical (unpaired) electrons. The van der Waals surface area contributed by atoms with E-state index in [1.165, 1.54) is 14.0 Å². The predicted molar refractivity (Wildman–Crippen MR) is 95.5 cm³/mol. The number of aliphatic carboxylic acids is 1. The maximum absolute atomic E-state index is 12.6. The monoisotopic (exact) mass is 414 g/mol. The number of rotatable bonds is 8. The van der Waals surface area contributed by atoms with Gasteiger partial charge in [-0.15, -0.1) is 0 Å². The summed E-state index contributed by atoms with van der Waals surface area (Å²) >= 11 is -0.264. The van der Waals surface area contributed by atoms with Gasteiger partial charge in [-0.1, -0.05) is 0 Å². The molecule has 0 fully saturated rings. The summed E-state index contributed by atoms with van der Waals surface area (Å²) in [5.41, 5.74) is 0.